The maximum atomic E-state index is 13.2. The van der Waals surface area contributed by atoms with Gasteiger partial charge in [0.15, 0.2) is 0 Å². The number of aromatic nitrogens is 1. The quantitative estimate of drug-likeness (QED) is 0.736. The number of carbonyl (C=O) groups is 1. The Morgan fingerprint density at radius 1 is 1.56 bits per heavy atom. The molecule has 3 nitrogen and oxygen atoms in total. The van der Waals surface area contributed by atoms with Crippen molar-refractivity contribution in [2.75, 3.05) is 6.61 Å². The largest absolute Gasteiger partial charge is 0.466 e. The third kappa shape index (κ3) is 3.81. The van der Waals surface area contributed by atoms with Crippen LogP contribution in [0.15, 0.2) is 18.2 Å². The zero-order chi connectivity index (χ0) is 12.0. The molecular formula is C12H14FNO2. The van der Waals surface area contributed by atoms with Crippen LogP contribution in [0.2, 0.25) is 0 Å². The summed E-state index contributed by atoms with van der Waals surface area (Å²) in [5.41, 5.74) is 0.974. The summed E-state index contributed by atoms with van der Waals surface area (Å²) in [7, 11) is 0. The number of aryl methyl sites for hydroxylation is 1. The number of halogens is 1. The Kier molecular flexibility index (Phi) is 4.64. The van der Waals surface area contributed by atoms with Crippen molar-refractivity contribution in [3.8, 4) is 0 Å². The number of nitrogens with zero attached hydrogens (tertiary/aromatic N) is 1. The second-order valence-corrected chi connectivity index (χ2v) is 3.23. The molecular weight excluding hydrogens is 209 g/mol. The van der Waals surface area contributed by atoms with Gasteiger partial charge in [0.1, 0.15) is 5.82 Å². The van der Waals surface area contributed by atoms with Crippen LogP contribution in [0.3, 0.4) is 0 Å². The van der Waals surface area contributed by atoms with Crippen LogP contribution < -0.4 is 0 Å². The minimum atomic E-state index is -0.397. The van der Waals surface area contributed by atoms with Crippen LogP contribution in [0.5, 0.6) is 0 Å². The summed E-state index contributed by atoms with van der Waals surface area (Å²) in [6, 6.07) is 2.95. The number of pyridine rings is 1. The van der Waals surface area contributed by atoms with Gasteiger partial charge in [-0.1, -0.05) is 6.08 Å². The molecule has 0 saturated carbocycles. The summed E-state index contributed by atoms with van der Waals surface area (Å²) in [6.45, 7) is 3.87. The zero-order valence-corrected chi connectivity index (χ0v) is 9.37. The van der Waals surface area contributed by atoms with Crippen molar-refractivity contribution in [2.45, 2.75) is 20.3 Å². The van der Waals surface area contributed by atoms with E-state index >= 15 is 0 Å². The van der Waals surface area contributed by atoms with Crippen LogP contribution >= 0.6 is 0 Å². The highest BCUT2D eigenvalue weighted by Crippen LogP contribution is 2.07. The molecule has 0 N–H and O–H groups in total. The third-order valence-corrected chi connectivity index (χ3v) is 1.88. The van der Waals surface area contributed by atoms with E-state index < -0.39 is 5.82 Å². The van der Waals surface area contributed by atoms with E-state index in [2.05, 4.69) is 4.98 Å². The van der Waals surface area contributed by atoms with Crippen LogP contribution in [0, 0.1) is 12.7 Å². The van der Waals surface area contributed by atoms with Crippen molar-refractivity contribution in [3.63, 3.8) is 0 Å². The molecule has 0 spiro atoms. The molecule has 0 aliphatic carbocycles. The van der Waals surface area contributed by atoms with E-state index in [0.717, 1.165) is 5.69 Å². The lowest BCUT2D eigenvalue weighted by atomic mass is 10.2. The first-order chi connectivity index (χ1) is 7.63. The van der Waals surface area contributed by atoms with Gasteiger partial charge in [-0.2, -0.15) is 0 Å². The Bertz CT molecular complexity index is 402. The molecule has 0 unspecified atom stereocenters. The van der Waals surface area contributed by atoms with E-state index in [1.54, 1.807) is 26.0 Å². The van der Waals surface area contributed by atoms with Gasteiger partial charge >= 0.3 is 5.97 Å². The van der Waals surface area contributed by atoms with Crippen molar-refractivity contribution in [2.24, 2.45) is 0 Å². The molecule has 0 bridgehead atoms. The molecule has 0 fully saturated rings. The summed E-state index contributed by atoms with van der Waals surface area (Å²) in [5, 5.41) is 0. The molecule has 0 aliphatic heterocycles. The fourth-order valence-corrected chi connectivity index (χ4v) is 1.16. The van der Waals surface area contributed by atoms with Crippen molar-refractivity contribution >= 4 is 12.0 Å². The maximum Gasteiger partial charge on any atom is 0.309 e. The van der Waals surface area contributed by atoms with Crippen LogP contribution in [-0.2, 0) is 9.53 Å². The Labute approximate surface area is 94.0 Å². The Hall–Kier alpha value is -1.71. The van der Waals surface area contributed by atoms with Gasteiger partial charge in [0.05, 0.1) is 18.7 Å². The van der Waals surface area contributed by atoms with Crippen molar-refractivity contribution in [3.05, 3.63) is 35.4 Å². The molecule has 1 rings (SSSR count). The van der Waals surface area contributed by atoms with Gasteiger partial charge in [-0.05, 0) is 32.1 Å². The lowest BCUT2D eigenvalue weighted by molar-refractivity contribution is -0.142. The van der Waals surface area contributed by atoms with Crippen molar-refractivity contribution in [1.29, 1.82) is 0 Å². The second kappa shape index (κ2) is 6.00. The minimum absolute atomic E-state index is 0.128. The topological polar surface area (TPSA) is 39.2 Å². The Morgan fingerprint density at radius 2 is 2.31 bits per heavy atom. The van der Waals surface area contributed by atoms with Crippen LogP contribution in [0.4, 0.5) is 4.39 Å². The molecule has 0 aromatic carbocycles. The summed E-state index contributed by atoms with van der Waals surface area (Å²) in [5.74, 6) is -0.725. The molecule has 1 aromatic heterocycles. The first-order valence-electron chi connectivity index (χ1n) is 5.08. The van der Waals surface area contributed by atoms with Gasteiger partial charge in [-0.3, -0.25) is 9.78 Å². The average Bonchev–Trinajstić information content (AvgIpc) is 2.23. The van der Waals surface area contributed by atoms with E-state index in [9.17, 15) is 9.18 Å². The highest BCUT2D eigenvalue weighted by Gasteiger charge is 2.01. The predicted octanol–water partition coefficient (Wildman–Crippen LogP) is 2.50. The standard InChI is InChI=1S/C12H14FNO2/c1-3-16-12(15)6-4-5-11-10(13)8-7-9(2)14-11/h4-5,7-8H,3,6H2,1-2H3. The van der Waals surface area contributed by atoms with Crippen LogP contribution in [0.1, 0.15) is 24.7 Å². The number of ether oxygens (including phenoxy) is 1. The van der Waals surface area contributed by atoms with E-state index in [0.29, 0.717) is 6.61 Å². The van der Waals surface area contributed by atoms with Gasteiger partial charge in [-0.25, -0.2) is 4.39 Å². The Balaban J connectivity index is 2.62. The average molecular weight is 223 g/mol. The molecule has 0 saturated heterocycles. The van der Waals surface area contributed by atoms with E-state index in [4.69, 9.17) is 4.74 Å². The molecule has 16 heavy (non-hydrogen) atoms. The van der Waals surface area contributed by atoms with Gasteiger partial charge < -0.3 is 4.74 Å². The summed E-state index contributed by atoms with van der Waals surface area (Å²) in [6.07, 6.45) is 3.16. The monoisotopic (exact) mass is 223 g/mol. The highest BCUT2D eigenvalue weighted by atomic mass is 19.1. The number of rotatable bonds is 4. The lowest BCUT2D eigenvalue weighted by Crippen LogP contribution is -2.01. The summed E-state index contributed by atoms with van der Waals surface area (Å²) < 4.78 is 17.9. The van der Waals surface area contributed by atoms with E-state index in [1.165, 1.54) is 12.1 Å². The summed E-state index contributed by atoms with van der Waals surface area (Å²) >= 11 is 0. The number of carbonyl (C=O) groups excluding carboxylic acids is 1. The van der Waals surface area contributed by atoms with Crippen LogP contribution in [0.25, 0.3) is 6.08 Å². The predicted molar refractivity (Wildman–Crippen MR) is 59.2 cm³/mol. The fourth-order valence-electron chi connectivity index (χ4n) is 1.16. The normalized spacial score (nSPS) is 10.7. The summed E-state index contributed by atoms with van der Waals surface area (Å²) in [4.78, 5) is 15.0. The fraction of sp³-hybridized carbons (Fsp3) is 0.333. The van der Waals surface area contributed by atoms with Crippen molar-refractivity contribution < 1.29 is 13.9 Å². The second-order valence-electron chi connectivity index (χ2n) is 3.23. The first kappa shape index (κ1) is 12.4. The molecule has 4 heteroatoms. The van der Waals surface area contributed by atoms with Gasteiger partial charge in [0.2, 0.25) is 0 Å². The van der Waals surface area contributed by atoms with Gasteiger partial charge in [0.25, 0.3) is 0 Å². The molecule has 1 aromatic rings. The molecule has 1 heterocycles. The number of hydrogen-bond acceptors (Lipinski definition) is 3. The molecule has 0 aliphatic rings. The van der Waals surface area contributed by atoms with E-state index in [1.807, 2.05) is 0 Å². The van der Waals surface area contributed by atoms with Gasteiger partial charge in [-0.15, -0.1) is 0 Å². The molecule has 0 atom stereocenters. The smallest absolute Gasteiger partial charge is 0.309 e. The molecule has 0 radical (unpaired) electrons. The number of hydrogen-bond donors (Lipinski definition) is 0. The number of esters is 1. The van der Waals surface area contributed by atoms with Crippen molar-refractivity contribution in [1.82, 2.24) is 4.98 Å². The highest BCUT2D eigenvalue weighted by molar-refractivity contribution is 5.72. The van der Waals surface area contributed by atoms with Crippen LogP contribution in [-0.4, -0.2) is 17.6 Å². The molecule has 86 valence electrons. The van der Waals surface area contributed by atoms with E-state index in [-0.39, 0.29) is 18.1 Å². The zero-order valence-electron chi connectivity index (χ0n) is 9.37. The third-order valence-electron chi connectivity index (χ3n) is 1.88. The SMILES string of the molecule is CCOC(=O)CC=Cc1nc(C)ccc1F. The molecule has 0 amide bonds. The maximum absolute atomic E-state index is 13.2. The minimum Gasteiger partial charge on any atom is -0.466 e. The first-order valence-corrected chi connectivity index (χ1v) is 5.08. The lowest BCUT2D eigenvalue weighted by Gasteiger charge is -1.98. The van der Waals surface area contributed by atoms with Gasteiger partial charge in [0, 0.05) is 5.69 Å². The Morgan fingerprint density at radius 3 is 3.00 bits per heavy atom.